The summed E-state index contributed by atoms with van der Waals surface area (Å²) < 4.78 is 0. The summed E-state index contributed by atoms with van der Waals surface area (Å²) >= 11 is 1.30. The van der Waals surface area contributed by atoms with E-state index < -0.39 is 4.92 Å². The zero-order valence-electron chi connectivity index (χ0n) is 8.88. The van der Waals surface area contributed by atoms with E-state index >= 15 is 0 Å². The van der Waals surface area contributed by atoms with Crippen LogP contribution in [0.1, 0.15) is 0 Å². The van der Waals surface area contributed by atoms with Crippen molar-refractivity contribution in [3.05, 3.63) is 34.4 Å². The fraction of sp³-hybridized carbons (Fsp3) is 0.182. The molecule has 0 radical (unpaired) electrons. The van der Waals surface area contributed by atoms with Gasteiger partial charge in [-0.2, -0.15) is 0 Å². The van der Waals surface area contributed by atoms with E-state index in [-0.39, 0.29) is 23.9 Å². The van der Waals surface area contributed by atoms with Crippen molar-refractivity contribution >= 4 is 23.4 Å². The molecular formula is C11H10N2O3S. The van der Waals surface area contributed by atoms with Gasteiger partial charge in [0.25, 0.3) is 5.69 Å². The van der Waals surface area contributed by atoms with Gasteiger partial charge in [0, 0.05) is 17.0 Å². The highest BCUT2D eigenvalue weighted by atomic mass is 32.2. The number of thioether (sulfide) groups is 1. The molecule has 17 heavy (non-hydrogen) atoms. The number of nitrogens with one attached hydrogen (secondary N) is 1. The van der Waals surface area contributed by atoms with Crippen LogP contribution in [0.5, 0.6) is 0 Å². The molecule has 0 aliphatic rings. The zero-order valence-corrected chi connectivity index (χ0v) is 9.70. The molecular weight excluding hydrogens is 240 g/mol. The molecule has 1 amide bonds. The number of nitro benzene ring substituents is 1. The molecule has 1 rings (SSSR count). The Bertz CT molecular complexity index is 451. The normalized spacial score (nSPS) is 9.35. The standard InChI is InChI=1S/C11H10N2O3S/c1-2-7-12-11(14)8-17-10-5-3-9(4-6-10)13(15)16/h1,3-6H,7-8H2,(H,12,14). The Morgan fingerprint density at radius 1 is 1.47 bits per heavy atom. The largest absolute Gasteiger partial charge is 0.344 e. The Morgan fingerprint density at radius 2 is 2.12 bits per heavy atom. The van der Waals surface area contributed by atoms with Gasteiger partial charge in [-0.1, -0.05) is 5.92 Å². The van der Waals surface area contributed by atoms with E-state index in [1.54, 1.807) is 12.1 Å². The number of non-ortho nitro benzene ring substituents is 1. The molecule has 0 unspecified atom stereocenters. The summed E-state index contributed by atoms with van der Waals surface area (Å²) in [5.41, 5.74) is 0.0335. The van der Waals surface area contributed by atoms with Crippen molar-refractivity contribution < 1.29 is 9.72 Å². The fourth-order valence-electron chi connectivity index (χ4n) is 1.01. The van der Waals surface area contributed by atoms with Crippen LogP contribution in [0.3, 0.4) is 0 Å². The number of carbonyl (C=O) groups excluding carboxylic acids is 1. The average molecular weight is 250 g/mol. The molecule has 0 spiro atoms. The van der Waals surface area contributed by atoms with Crippen LogP contribution in [0.2, 0.25) is 0 Å². The van der Waals surface area contributed by atoms with Crippen LogP contribution in [0, 0.1) is 22.5 Å². The van der Waals surface area contributed by atoms with Crippen LogP contribution in [-0.4, -0.2) is 23.1 Å². The third-order valence-corrected chi connectivity index (χ3v) is 2.82. The summed E-state index contributed by atoms with van der Waals surface area (Å²) in [4.78, 5) is 22.0. The summed E-state index contributed by atoms with van der Waals surface area (Å²) in [6.45, 7) is 0.208. The predicted octanol–water partition coefficient (Wildman–Crippen LogP) is 1.44. The third kappa shape index (κ3) is 4.57. The second-order valence-corrected chi connectivity index (χ2v) is 4.07. The lowest BCUT2D eigenvalue weighted by Crippen LogP contribution is -2.25. The van der Waals surface area contributed by atoms with Crippen molar-refractivity contribution in [3.8, 4) is 12.3 Å². The first kappa shape index (κ1) is 13.1. The maximum atomic E-state index is 11.2. The number of terminal acetylenes is 1. The van der Waals surface area contributed by atoms with Gasteiger partial charge in [0.2, 0.25) is 5.91 Å². The SMILES string of the molecule is C#CCNC(=O)CSc1ccc([N+](=O)[O-])cc1. The second kappa shape index (κ2) is 6.55. The van der Waals surface area contributed by atoms with Crippen molar-refractivity contribution in [1.29, 1.82) is 0 Å². The minimum absolute atomic E-state index is 0.0335. The highest BCUT2D eigenvalue weighted by molar-refractivity contribution is 8.00. The number of benzene rings is 1. The number of rotatable bonds is 5. The lowest BCUT2D eigenvalue weighted by Gasteiger charge is -2.01. The lowest BCUT2D eigenvalue weighted by molar-refractivity contribution is -0.384. The number of nitrogens with zero attached hydrogens (tertiary/aromatic N) is 1. The van der Waals surface area contributed by atoms with Gasteiger partial charge >= 0.3 is 0 Å². The number of hydrogen-bond acceptors (Lipinski definition) is 4. The summed E-state index contributed by atoms with van der Waals surface area (Å²) in [5.74, 6) is 2.38. The van der Waals surface area contributed by atoms with Crippen molar-refractivity contribution in [2.75, 3.05) is 12.3 Å². The van der Waals surface area contributed by atoms with Gasteiger partial charge in [0.1, 0.15) is 0 Å². The van der Waals surface area contributed by atoms with E-state index in [2.05, 4.69) is 11.2 Å². The van der Waals surface area contributed by atoms with Gasteiger partial charge in [-0.25, -0.2) is 0 Å². The number of hydrogen-bond donors (Lipinski definition) is 1. The Kier molecular flexibility index (Phi) is 5.04. The molecule has 0 aromatic heterocycles. The first-order chi connectivity index (χ1) is 8.13. The van der Waals surface area contributed by atoms with E-state index in [9.17, 15) is 14.9 Å². The van der Waals surface area contributed by atoms with Crippen LogP contribution < -0.4 is 5.32 Å². The van der Waals surface area contributed by atoms with Gasteiger partial charge in [-0.3, -0.25) is 14.9 Å². The molecule has 0 fully saturated rings. The second-order valence-electron chi connectivity index (χ2n) is 3.02. The topological polar surface area (TPSA) is 72.2 Å². The molecule has 0 aliphatic carbocycles. The lowest BCUT2D eigenvalue weighted by atomic mass is 10.3. The Hall–Kier alpha value is -2.00. The molecule has 0 heterocycles. The average Bonchev–Trinajstić information content (AvgIpc) is 2.34. The van der Waals surface area contributed by atoms with Crippen LogP contribution in [-0.2, 0) is 4.79 Å². The Balaban J connectivity index is 2.45. The maximum Gasteiger partial charge on any atom is 0.269 e. The van der Waals surface area contributed by atoms with Gasteiger partial charge in [-0.05, 0) is 12.1 Å². The fourth-order valence-corrected chi connectivity index (χ4v) is 1.74. The molecule has 6 heteroatoms. The maximum absolute atomic E-state index is 11.2. The molecule has 0 saturated heterocycles. The van der Waals surface area contributed by atoms with Crippen molar-refractivity contribution in [2.24, 2.45) is 0 Å². The molecule has 0 aliphatic heterocycles. The minimum atomic E-state index is -0.464. The van der Waals surface area contributed by atoms with E-state index in [0.29, 0.717) is 0 Å². The van der Waals surface area contributed by atoms with Crippen molar-refractivity contribution in [3.63, 3.8) is 0 Å². The third-order valence-electron chi connectivity index (χ3n) is 1.81. The van der Waals surface area contributed by atoms with Crippen LogP contribution >= 0.6 is 11.8 Å². The van der Waals surface area contributed by atoms with E-state index in [1.165, 1.54) is 23.9 Å². The molecule has 1 aromatic carbocycles. The highest BCUT2D eigenvalue weighted by Gasteiger charge is 2.05. The molecule has 0 bridgehead atoms. The smallest absolute Gasteiger partial charge is 0.269 e. The van der Waals surface area contributed by atoms with Crippen LogP contribution in [0.15, 0.2) is 29.2 Å². The van der Waals surface area contributed by atoms with Crippen molar-refractivity contribution in [2.45, 2.75) is 4.90 Å². The first-order valence-corrected chi connectivity index (χ1v) is 5.69. The summed E-state index contributed by atoms with van der Waals surface area (Å²) in [6, 6.07) is 6.03. The first-order valence-electron chi connectivity index (χ1n) is 4.71. The van der Waals surface area contributed by atoms with E-state index in [1.807, 2.05) is 0 Å². The predicted molar refractivity (Wildman–Crippen MR) is 65.7 cm³/mol. The van der Waals surface area contributed by atoms with Gasteiger partial charge in [-0.15, -0.1) is 18.2 Å². The Morgan fingerprint density at radius 3 is 2.65 bits per heavy atom. The Labute approximate surface area is 103 Å². The van der Waals surface area contributed by atoms with Crippen LogP contribution in [0.4, 0.5) is 5.69 Å². The molecule has 5 nitrogen and oxygen atoms in total. The number of nitro groups is 1. The molecule has 1 aromatic rings. The summed E-state index contributed by atoms with van der Waals surface area (Å²) in [5, 5.41) is 12.9. The molecule has 0 atom stereocenters. The van der Waals surface area contributed by atoms with E-state index in [4.69, 9.17) is 6.42 Å². The van der Waals surface area contributed by atoms with Crippen molar-refractivity contribution in [1.82, 2.24) is 5.32 Å². The highest BCUT2D eigenvalue weighted by Crippen LogP contribution is 2.20. The van der Waals surface area contributed by atoms with E-state index in [0.717, 1.165) is 4.90 Å². The monoisotopic (exact) mass is 250 g/mol. The van der Waals surface area contributed by atoms with Gasteiger partial charge in [0.05, 0.1) is 17.2 Å². The van der Waals surface area contributed by atoms with Gasteiger partial charge in [0.15, 0.2) is 0 Å². The molecule has 0 saturated carbocycles. The quantitative estimate of drug-likeness (QED) is 0.371. The molecule has 1 N–H and O–H groups in total. The minimum Gasteiger partial charge on any atom is -0.344 e. The number of amides is 1. The van der Waals surface area contributed by atoms with Gasteiger partial charge < -0.3 is 5.32 Å². The van der Waals surface area contributed by atoms with Crippen LogP contribution in [0.25, 0.3) is 0 Å². The summed E-state index contributed by atoms with van der Waals surface area (Å²) in [6.07, 6.45) is 4.99. The summed E-state index contributed by atoms with van der Waals surface area (Å²) in [7, 11) is 0. The molecule has 88 valence electrons. The number of carbonyl (C=O) groups is 1. The zero-order chi connectivity index (χ0) is 12.7.